The molecule has 1 aliphatic carbocycles. The van der Waals surface area contributed by atoms with Crippen LogP contribution in [0, 0.1) is 12.3 Å². The van der Waals surface area contributed by atoms with Gasteiger partial charge in [-0.3, -0.25) is 4.79 Å². The van der Waals surface area contributed by atoms with Crippen molar-refractivity contribution < 1.29 is 9.53 Å². The lowest BCUT2D eigenvalue weighted by Gasteiger charge is -2.53. The number of carbonyl (C=O) groups is 1. The third kappa shape index (κ3) is 1.61. The summed E-state index contributed by atoms with van der Waals surface area (Å²) in [5, 5.41) is 3.34. The zero-order valence-corrected chi connectivity index (χ0v) is 12.0. The highest BCUT2D eigenvalue weighted by atomic mass is 16.5. The predicted octanol–water partition coefficient (Wildman–Crippen LogP) is 1.71. The number of amides is 1. The molecule has 20 heavy (non-hydrogen) atoms. The quantitative estimate of drug-likeness (QED) is 0.891. The molecule has 4 rings (SSSR count). The number of nitrogens with zero attached hydrogens (tertiary/aromatic N) is 1. The molecule has 0 bridgehead atoms. The monoisotopic (exact) mass is 272 g/mol. The largest absolute Gasteiger partial charge is 0.490 e. The van der Waals surface area contributed by atoms with E-state index in [-0.39, 0.29) is 5.91 Å². The molecule has 4 nitrogen and oxygen atoms in total. The fraction of sp³-hybridized carbons (Fsp3) is 0.562. The highest BCUT2D eigenvalue weighted by Gasteiger charge is 2.49. The minimum absolute atomic E-state index is 0.122. The number of benzene rings is 1. The van der Waals surface area contributed by atoms with Crippen LogP contribution >= 0.6 is 0 Å². The van der Waals surface area contributed by atoms with E-state index in [1.165, 1.54) is 0 Å². The lowest BCUT2D eigenvalue weighted by molar-refractivity contribution is -0.0499. The van der Waals surface area contributed by atoms with Crippen LogP contribution in [0.2, 0.25) is 0 Å². The van der Waals surface area contributed by atoms with Crippen LogP contribution in [0.4, 0.5) is 0 Å². The zero-order valence-electron chi connectivity index (χ0n) is 12.0. The number of aryl methyl sites for hydroxylation is 1. The van der Waals surface area contributed by atoms with E-state index < -0.39 is 0 Å². The summed E-state index contributed by atoms with van der Waals surface area (Å²) in [6.45, 7) is 4.95. The van der Waals surface area contributed by atoms with Crippen LogP contribution in [0.3, 0.4) is 0 Å². The number of hydrogen-bond acceptors (Lipinski definition) is 3. The van der Waals surface area contributed by atoms with E-state index in [2.05, 4.69) is 5.32 Å². The van der Waals surface area contributed by atoms with Crippen molar-refractivity contribution in [1.29, 1.82) is 0 Å². The number of ether oxygens (including phenoxy) is 1. The molecule has 0 radical (unpaired) electrons. The average Bonchev–Trinajstić information content (AvgIpc) is 2.61. The third-order valence-electron chi connectivity index (χ3n) is 5.05. The first kappa shape index (κ1) is 12.2. The van der Waals surface area contributed by atoms with Gasteiger partial charge in [-0.1, -0.05) is 6.07 Å². The van der Waals surface area contributed by atoms with Crippen LogP contribution in [0.1, 0.15) is 34.3 Å². The summed E-state index contributed by atoms with van der Waals surface area (Å²) in [7, 11) is 1.85. The van der Waals surface area contributed by atoms with Crippen molar-refractivity contribution in [2.24, 2.45) is 5.41 Å². The van der Waals surface area contributed by atoms with Gasteiger partial charge < -0.3 is 15.0 Å². The topological polar surface area (TPSA) is 41.6 Å². The zero-order chi connectivity index (χ0) is 13.9. The molecule has 1 aromatic carbocycles. The van der Waals surface area contributed by atoms with Gasteiger partial charge in [-0.25, -0.2) is 0 Å². The summed E-state index contributed by atoms with van der Waals surface area (Å²) >= 11 is 0. The number of carbonyl (C=O) groups excluding carboxylic acids is 1. The maximum absolute atomic E-state index is 12.2. The van der Waals surface area contributed by atoms with Crippen molar-refractivity contribution in [3.63, 3.8) is 0 Å². The second-order valence-electron chi connectivity index (χ2n) is 6.65. The highest BCUT2D eigenvalue weighted by Crippen LogP contribution is 2.46. The first-order valence-electron chi connectivity index (χ1n) is 7.33. The Bertz CT molecular complexity index is 584. The van der Waals surface area contributed by atoms with E-state index in [0.29, 0.717) is 18.1 Å². The maximum Gasteiger partial charge on any atom is 0.254 e. The fourth-order valence-corrected chi connectivity index (χ4v) is 3.75. The van der Waals surface area contributed by atoms with Crippen molar-refractivity contribution >= 4 is 5.91 Å². The van der Waals surface area contributed by atoms with Gasteiger partial charge in [0.15, 0.2) is 0 Å². The van der Waals surface area contributed by atoms with Crippen molar-refractivity contribution in [3.8, 4) is 5.75 Å². The van der Waals surface area contributed by atoms with Gasteiger partial charge in [0.05, 0.1) is 18.2 Å². The van der Waals surface area contributed by atoms with E-state index in [0.717, 1.165) is 48.4 Å². The Hall–Kier alpha value is -1.55. The SMILES string of the molecule is Cc1ccc(OC2CC3(CNC3)C2)c2c1C(=O)N(C)C2. The van der Waals surface area contributed by atoms with Crippen LogP contribution in [0.5, 0.6) is 5.75 Å². The molecule has 1 N–H and O–H groups in total. The van der Waals surface area contributed by atoms with Crippen molar-refractivity contribution in [3.05, 3.63) is 28.8 Å². The van der Waals surface area contributed by atoms with Gasteiger partial charge in [0, 0.05) is 31.1 Å². The first-order chi connectivity index (χ1) is 9.58. The lowest BCUT2D eigenvalue weighted by Crippen LogP contribution is -2.62. The summed E-state index contributed by atoms with van der Waals surface area (Å²) in [4.78, 5) is 13.9. The number of nitrogens with one attached hydrogen (secondary N) is 1. The Morgan fingerprint density at radius 3 is 2.75 bits per heavy atom. The summed E-state index contributed by atoms with van der Waals surface area (Å²) in [5.74, 6) is 1.03. The van der Waals surface area contributed by atoms with Gasteiger partial charge >= 0.3 is 0 Å². The van der Waals surface area contributed by atoms with Gasteiger partial charge in [0.25, 0.3) is 5.91 Å². The third-order valence-corrected chi connectivity index (χ3v) is 5.05. The fourth-order valence-electron chi connectivity index (χ4n) is 3.75. The molecule has 0 aromatic heterocycles. The van der Waals surface area contributed by atoms with Crippen molar-refractivity contribution in [2.45, 2.75) is 32.4 Å². The smallest absolute Gasteiger partial charge is 0.254 e. The average molecular weight is 272 g/mol. The molecule has 3 aliphatic rings. The van der Waals surface area contributed by atoms with Crippen molar-refractivity contribution in [1.82, 2.24) is 10.2 Å². The lowest BCUT2D eigenvalue weighted by atomic mass is 9.63. The van der Waals surface area contributed by atoms with Crippen LogP contribution < -0.4 is 10.1 Å². The van der Waals surface area contributed by atoms with Gasteiger partial charge in [0.1, 0.15) is 5.75 Å². The Kier molecular flexibility index (Phi) is 2.43. The van der Waals surface area contributed by atoms with Gasteiger partial charge in [-0.15, -0.1) is 0 Å². The molecule has 0 unspecified atom stereocenters. The second kappa shape index (κ2) is 3.98. The minimum atomic E-state index is 0.122. The number of hydrogen-bond donors (Lipinski definition) is 1. The van der Waals surface area contributed by atoms with Crippen LogP contribution in [-0.2, 0) is 6.54 Å². The Labute approximate surface area is 119 Å². The second-order valence-corrected chi connectivity index (χ2v) is 6.65. The van der Waals surface area contributed by atoms with E-state index in [4.69, 9.17) is 4.74 Å². The summed E-state index contributed by atoms with van der Waals surface area (Å²) in [6, 6.07) is 4.04. The number of rotatable bonds is 2. The van der Waals surface area contributed by atoms with E-state index in [1.54, 1.807) is 4.90 Å². The molecule has 2 aliphatic heterocycles. The maximum atomic E-state index is 12.2. The molecular weight excluding hydrogens is 252 g/mol. The molecule has 1 saturated carbocycles. The van der Waals surface area contributed by atoms with E-state index in [1.807, 2.05) is 26.1 Å². The normalized spacial score (nSPS) is 23.5. The standard InChI is InChI=1S/C16H20N2O2/c1-10-3-4-13(12-7-18(2)15(19)14(10)12)20-11-5-16(6-11)8-17-9-16/h3-4,11,17H,5-9H2,1-2H3. The van der Waals surface area contributed by atoms with E-state index >= 15 is 0 Å². The van der Waals surface area contributed by atoms with E-state index in [9.17, 15) is 4.79 Å². The van der Waals surface area contributed by atoms with Gasteiger partial charge in [0.2, 0.25) is 0 Å². The molecule has 2 fully saturated rings. The Balaban J connectivity index is 1.56. The molecule has 106 valence electrons. The summed E-state index contributed by atoms with van der Waals surface area (Å²) < 4.78 is 6.17. The molecule has 1 aromatic rings. The molecular formula is C16H20N2O2. The van der Waals surface area contributed by atoms with Crippen LogP contribution in [0.25, 0.3) is 0 Å². The predicted molar refractivity (Wildman–Crippen MR) is 75.9 cm³/mol. The summed E-state index contributed by atoms with van der Waals surface area (Å²) in [6.07, 6.45) is 2.61. The van der Waals surface area contributed by atoms with Crippen LogP contribution in [0.15, 0.2) is 12.1 Å². The van der Waals surface area contributed by atoms with Gasteiger partial charge in [-0.05, 0) is 31.4 Å². The summed E-state index contributed by atoms with van der Waals surface area (Å²) in [5.41, 5.74) is 3.50. The molecule has 1 amide bonds. The highest BCUT2D eigenvalue weighted by molar-refractivity contribution is 6.00. The molecule has 1 spiro atoms. The molecule has 1 saturated heterocycles. The number of fused-ring (bicyclic) bond motifs is 1. The molecule has 0 atom stereocenters. The molecule has 4 heteroatoms. The van der Waals surface area contributed by atoms with Crippen LogP contribution in [-0.4, -0.2) is 37.0 Å². The Morgan fingerprint density at radius 1 is 1.35 bits per heavy atom. The Morgan fingerprint density at radius 2 is 2.10 bits per heavy atom. The minimum Gasteiger partial charge on any atom is -0.490 e. The van der Waals surface area contributed by atoms with Crippen molar-refractivity contribution in [2.75, 3.05) is 20.1 Å². The van der Waals surface area contributed by atoms with Gasteiger partial charge in [-0.2, -0.15) is 0 Å². The first-order valence-corrected chi connectivity index (χ1v) is 7.33. The molecule has 2 heterocycles.